The first-order valence-corrected chi connectivity index (χ1v) is 7.82. The van der Waals surface area contributed by atoms with E-state index in [-0.39, 0.29) is 6.04 Å². The number of halogens is 1. The lowest BCUT2D eigenvalue weighted by molar-refractivity contribution is 0.339. The lowest BCUT2D eigenvalue weighted by Gasteiger charge is -2.28. The zero-order valence-corrected chi connectivity index (χ0v) is 13.1. The summed E-state index contributed by atoms with van der Waals surface area (Å²) in [5.41, 5.74) is 4.03. The summed E-state index contributed by atoms with van der Waals surface area (Å²) < 4.78 is 6.76. The fourth-order valence-corrected chi connectivity index (χ4v) is 3.30. The van der Waals surface area contributed by atoms with Crippen LogP contribution in [0.4, 0.5) is 0 Å². The number of benzene rings is 2. The predicted molar refractivity (Wildman–Crippen MR) is 85.3 cm³/mol. The van der Waals surface area contributed by atoms with Crippen molar-refractivity contribution in [2.75, 3.05) is 13.2 Å². The van der Waals surface area contributed by atoms with Gasteiger partial charge in [-0.15, -0.1) is 0 Å². The largest absolute Gasteiger partial charge is 0.494 e. The minimum Gasteiger partial charge on any atom is -0.494 e. The van der Waals surface area contributed by atoms with Gasteiger partial charge in [-0.1, -0.05) is 40.2 Å². The molecule has 1 aliphatic rings. The van der Waals surface area contributed by atoms with Gasteiger partial charge in [0.05, 0.1) is 12.6 Å². The minimum absolute atomic E-state index is 0.255. The topological polar surface area (TPSA) is 21.3 Å². The Balaban J connectivity index is 2.00. The fraction of sp³-hybridized carbons (Fsp3) is 0.294. The maximum absolute atomic E-state index is 5.61. The number of ether oxygens (including phenoxy) is 1. The molecule has 0 spiro atoms. The van der Waals surface area contributed by atoms with Gasteiger partial charge in [0.2, 0.25) is 0 Å². The molecule has 2 aromatic rings. The van der Waals surface area contributed by atoms with Crippen molar-refractivity contribution in [3.63, 3.8) is 0 Å². The Hall–Kier alpha value is -1.32. The van der Waals surface area contributed by atoms with Crippen molar-refractivity contribution in [1.82, 2.24) is 5.32 Å². The highest BCUT2D eigenvalue weighted by atomic mass is 79.9. The normalized spacial score (nSPS) is 17.6. The summed E-state index contributed by atoms with van der Waals surface area (Å²) in [6.07, 6.45) is 1.05. The first-order chi connectivity index (χ1) is 9.79. The highest BCUT2D eigenvalue weighted by Crippen LogP contribution is 2.34. The number of rotatable bonds is 3. The van der Waals surface area contributed by atoms with Crippen LogP contribution in [0.15, 0.2) is 46.9 Å². The van der Waals surface area contributed by atoms with Crippen LogP contribution in [0.3, 0.4) is 0 Å². The fourth-order valence-electron chi connectivity index (χ4n) is 2.78. The van der Waals surface area contributed by atoms with Crippen LogP contribution in [0.2, 0.25) is 0 Å². The summed E-state index contributed by atoms with van der Waals surface area (Å²) >= 11 is 3.66. The smallest absolute Gasteiger partial charge is 0.119 e. The first-order valence-electron chi connectivity index (χ1n) is 7.03. The second-order valence-corrected chi connectivity index (χ2v) is 5.81. The van der Waals surface area contributed by atoms with Crippen LogP contribution in [0, 0.1) is 0 Å². The number of fused-ring (bicyclic) bond motifs is 1. The summed E-state index contributed by atoms with van der Waals surface area (Å²) in [5.74, 6) is 0.971. The third-order valence-electron chi connectivity index (χ3n) is 3.70. The molecule has 0 saturated heterocycles. The van der Waals surface area contributed by atoms with Gasteiger partial charge in [0.25, 0.3) is 0 Å². The molecule has 0 radical (unpaired) electrons. The molecule has 0 fully saturated rings. The summed E-state index contributed by atoms with van der Waals surface area (Å²) in [7, 11) is 0. The quantitative estimate of drug-likeness (QED) is 0.914. The number of nitrogens with one attached hydrogen (secondary N) is 1. The maximum atomic E-state index is 5.61. The molecule has 0 aromatic heterocycles. The van der Waals surface area contributed by atoms with E-state index in [0.29, 0.717) is 6.61 Å². The van der Waals surface area contributed by atoms with Gasteiger partial charge in [-0.3, -0.25) is 0 Å². The zero-order valence-electron chi connectivity index (χ0n) is 11.5. The van der Waals surface area contributed by atoms with Gasteiger partial charge in [-0.05, 0) is 48.2 Å². The van der Waals surface area contributed by atoms with Gasteiger partial charge in [0, 0.05) is 11.0 Å². The summed E-state index contributed by atoms with van der Waals surface area (Å²) in [6.45, 7) is 3.73. The van der Waals surface area contributed by atoms with E-state index >= 15 is 0 Å². The second kappa shape index (κ2) is 5.98. The lowest BCUT2D eigenvalue weighted by Crippen LogP contribution is -2.30. The summed E-state index contributed by atoms with van der Waals surface area (Å²) in [5, 5.41) is 3.61. The Morgan fingerprint density at radius 2 is 2.05 bits per heavy atom. The standard InChI is InChI=1S/C17H18BrNO/c1-2-20-13-7-8-14-12(11-13)9-10-19-17(14)15-5-3-4-6-16(15)18/h3-8,11,17,19H,2,9-10H2,1H3. The Kier molecular flexibility index (Phi) is 4.08. The SMILES string of the molecule is CCOc1ccc2c(c1)CCNC2c1ccccc1Br. The molecule has 1 unspecified atom stereocenters. The van der Waals surface area contributed by atoms with E-state index in [2.05, 4.69) is 63.7 Å². The molecule has 3 heteroatoms. The number of hydrogen-bond donors (Lipinski definition) is 1. The van der Waals surface area contributed by atoms with E-state index in [9.17, 15) is 0 Å². The highest BCUT2D eigenvalue weighted by molar-refractivity contribution is 9.10. The summed E-state index contributed by atoms with van der Waals surface area (Å²) in [4.78, 5) is 0. The van der Waals surface area contributed by atoms with Gasteiger partial charge >= 0.3 is 0 Å². The molecule has 2 nitrogen and oxygen atoms in total. The van der Waals surface area contributed by atoms with Crippen LogP contribution < -0.4 is 10.1 Å². The third kappa shape index (κ3) is 2.60. The van der Waals surface area contributed by atoms with Crippen molar-refractivity contribution >= 4 is 15.9 Å². The molecular formula is C17H18BrNO. The van der Waals surface area contributed by atoms with E-state index in [0.717, 1.165) is 23.2 Å². The van der Waals surface area contributed by atoms with Crippen molar-refractivity contribution in [3.05, 3.63) is 63.6 Å². The average molecular weight is 332 g/mol. The second-order valence-electron chi connectivity index (χ2n) is 4.95. The molecule has 0 saturated carbocycles. The van der Waals surface area contributed by atoms with Crippen molar-refractivity contribution in [1.29, 1.82) is 0 Å². The van der Waals surface area contributed by atoms with Crippen LogP contribution in [0.25, 0.3) is 0 Å². The molecule has 0 amide bonds. The average Bonchev–Trinajstić information content (AvgIpc) is 2.47. The van der Waals surface area contributed by atoms with Crippen LogP contribution >= 0.6 is 15.9 Å². The Bertz CT molecular complexity index is 612. The molecule has 3 rings (SSSR count). The van der Waals surface area contributed by atoms with E-state index in [1.165, 1.54) is 16.7 Å². The monoisotopic (exact) mass is 331 g/mol. The Morgan fingerprint density at radius 1 is 1.20 bits per heavy atom. The van der Waals surface area contributed by atoms with Crippen LogP contribution in [-0.2, 0) is 6.42 Å². The Morgan fingerprint density at radius 3 is 2.85 bits per heavy atom. The molecular weight excluding hydrogens is 314 g/mol. The Labute approximate surface area is 128 Å². The van der Waals surface area contributed by atoms with E-state index in [4.69, 9.17) is 4.74 Å². The van der Waals surface area contributed by atoms with E-state index in [1.54, 1.807) is 0 Å². The van der Waals surface area contributed by atoms with E-state index in [1.807, 2.05) is 6.92 Å². The molecule has 104 valence electrons. The molecule has 0 bridgehead atoms. The zero-order chi connectivity index (χ0) is 13.9. The van der Waals surface area contributed by atoms with Gasteiger partial charge in [-0.25, -0.2) is 0 Å². The minimum atomic E-state index is 0.255. The highest BCUT2D eigenvalue weighted by Gasteiger charge is 2.22. The van der Waals surface area contributed by atoms with Crippen molar-refractivity contribution in [3.8, 4) is 5.75 Å². The molecule has 1 atom stereocenters. The van der Waals surface area contributed by atoms with Crippen LogP contribution in [0.5, 0.6) is 5.75 Å². The van der Waals surface area contributed by atoms with Crippen molar-refractivity contribution in [2.24, 2.45) is 0 Å². The van der Waals surface area contributed by atoms with Crippen LogP contribution in [0.1, 0.15) is 29.7 Å². The molecule has 1 heterocycles. The van der Waals surface area contributed by atoms with Crippen molar-refractivity contribution < 1.29 is 4.74 Å². The molecule has 1 N–H and O–H groups in total. The molecule has 2 aromatic carbocycles. The van der Waals surface area contributed by atoms with Gasteiger partial charge < -0.3 is 10.1 Å². The maximum Gasteiger partial charge on any atom is 0.119 e. The van der Waals surface area contributed by atoms with Gasteiger partial charge in [0.15, 0.2) is 0 Å². The lowest BCUT2D eigenvalue weighted by atomic mass is 9.90. The first kappa shape index (κ1) is 13.7. The molecule has 1 aliphatic heterocycles. The van der Waals surface area contributed by atoms with Crippen molar-refractivity contribution in [2.45, 2.75) is 19.4 Å². The number of hydrogen-bond acceptors (Lipinski definition) is 2. The third-order valence-corrected chi connectivity index (χ3v) is 4.42. The van der Waals surface area contributed by atoms with Gasteiger partial charge in [0.1, 0.15) is 5.75 Å². The van der Waals surface area contributed by atoms with Gasteiger partial charge in [-0.2, -0.15) is 0 Å². The van der Waals surface area contributed by atoms with E-state index < -0.39 is 0 Å². The summed E-state index contributed by atoms with van der Waals surface area (Å²) in [6, 6.07) is 15.1. The molecule has 20 heavy (non-hydrogen) atoms. The predicted octanol–water partition coefficient (Wildman–Crippen LogP) is 4.08. The van der Waals surface area contributed by atoms with Crippen LogP contribution in [-0.4, -0.2) is 13.2 Å². The molecule has 0 aliphatic carbocycles.